The number of benzene rings is 2. The van der Waals surface area contributed by atoms with Crippen molar-refractivity contribution in [2.75, 3.05) is 13.2 Å². The smallest absolute Gasteiger partial charge is 0.227 e. The van der Waals surface area contributed by atoms with Crippen LogP contribution in [0.1, 0.15) is 44.9 Å². The fraction of sp³-hybridized carbons (Fsp3) is 0.407. The highest BCUT2D eigenvalue weighted by Gasteiger charge is 2.28. The molecule has 4 rings (SSSR count). The van der Waals surface area contributed by atoms with Gasteiger partial charge in [0, 0.05) is 19.1 Å². The lowest BCUT2D eigenvalue weighted by molar-refractivity contribution is -0.136. The summed E-state index contributed by atoms with van der Waals surface area (Å²) >= 11 is 0. The van der Waals surface area contributed by atoms with Gasteiger partial charge in [-0.25, -0.2) is 9.07 Å². The van der Waals surface area contributed by atoms with Gasteiger partial charge in [0.15, 0.2) is 0 Å². The maximum Gasteiger partial charge on any atom is 0.227 e. The lowest BCUT2D eigenvalue weighted by Crippen LogP contribution is -2.39. The van der Waals surface area contributed by atoms with Gasteiger partial charge in [0.1, 0.15) is 11.6 Å². The highest BCUT2D eigenvalue weighted by Crippen LogP contribution is 2.33. The largest absolute Gasteiger partial charge is 0.439 e. The molecule has 1 saturated heterocycles. The van der Waals surface area contributed by atoms with Gasteiger partial charge in [-0.2, -0.15) is 5.10 Å². The van der Waals surface area contributed by atoms with Crippen molar-refractivity contribution < 1.29 is 18.7 Å². The van der Waals surface area contributed by atoms with Crippen molar-refractivity contribution in [1.29, 1.82) is 0 Å². The number of para-hydroxylation sites is 1. The summed E-state index contributed by atoms with van der Waals surface area (Å²) in [7, 11) is 0. The lowest BCUT2D eigenvalue weighted by atomic mass is 10.1. The zero-order chi connectivity index (χ0) is 24.1. The van der Waals surface area contributed by atoms with Gasteiger partial charge in [0.25, 0.3) is 0 Å². The molecule has 0 spiro atoms. The van der Waals surface area contributed by atoms with Crippen LogP contribution in [0, 0.1) is 11.7 Å². The van der Waals surface area contributed by atoms with Crippen molar-refractivity contribution in [3.05, 3.63) is 71.7 Å². The van der Waals surface area contributed by atoms with Gasteiger partial charge < -0.3 is 14.4 Å². The summed E-state index contributed by atoms with van der Waals surface area (Å²) in [5.74, 6) is 0.630. The van der Waals surface area contributed by atoms with Gasteiger partial charge in [0.05, 0.1) is 29.6 Å². The Morgan fingerprint density at radius 2 is 1.94 bits per heavy atom. The summed E-state index contributed by atoms with van der Waals surface area (Å²) in [5.41, 5.74) is 2.55. The average molecular weight is 466 g/mol. The molecule has 0 unspecified atom stereocenters. The molecule has 2 heterocycles. The van der Waals surface area contributed by atoms with Crippen LogP contribution in [0.25, 0.3) is 5.69 Å². The van der Waals surface area contributed by atoms with E-state index in [1.165, 1.54) is 12.1 Å². The summed E-state index contributed by atoms with van der Waals surface area (Å²) in [6.07, 6.45) is 2.68. The number of aromatic nitrogens is 2. The van der Waals surface area contributed by atoms with E-state index in [0.29, 0.717) is 31.1 Å². The van der Waals surface area contributed by atoms with Crippen LogP contribution in [-0.4, -0.2) is 39.8 Å². The van der Waals surface area contributed by atoms with Crippen LogP contribution in [0.5, 0.6) is 11.6 Å². The van der Waals surface area contributed by atoms with Crippen LogP contribution in [0.2, 0.25) is 0 Å². The third-order valence-electron chi connectivity index (χ3n) is 5.99. The van der Waals surface area contributed by atoms with Gasteiger partial charge in [-0.3, -0.25) is 4.79 Å². The lowest BCUT2D eigenvalue weighted by Gasteiger charge is -2.27. The van der Waals surface area contributed by atoms with E-state index in [2.05, 4.69) is 0 Å². The third-order valence-corrected chi connectivity index (χ3v) is 5.99. The average Bonchev–Trinajstić information content (AvgIpc) is 3.48. The fourth-order valence-corrected chi connectivity index (χ4v) is 4.21. The van der Waals surface area contributed by atoms with Crippen molar-refractivity contribution in [1.82, 2.24) is 14.7 Å². The van der Waals surface area contributed by atoms with Crippen molar-refractivity contribution >= 4 is 5.91 Å². The number of carbonyl (C=O) groups is 1. The molecule has 1 aliphatic heterocycles. The van der Waals surface area contributed by atoms with Crippen molar-refractivity contribution in [3.63, 3.8) is 0 Å². The molecular weight excluding hydrogens is 433 g/mol. The van der Waals surface area contributed by atoms with E-state index >= 15 is 0 Å². The highest BCUT2D eigenvalue weighted by molar-refractivity contribution is 5.78. The SMILES string of the molecule is CCc1nn(-c2ccccc2)c(Oc2ccc(F)cc2)c1CN(C[C@H]1CCCO1)C(=O)C(C)C. The molecule has 0 bridgehead atoms. The molecular formula is C27H32FN3O3. The van der Waals surface area contributed by atoms with E-state index in [9.17, 15) is 9.18 Å². The number of aryl methyl sites for hydroxylation is 1. The molecule has 2 aromatic carbocycles. The number of nitrogens with zero attached hydrogens (tertiary/aromatic N) is 3. The molecule has 1 amide bonds. The van der Waals surface area contributed by atoms with Gasteiger partial charge in [-0.15, -0.1) is 0 Å². The number of amides is 1. The molecule has 0 radical (unpaired) electrons. The first kappa shape index (κ1) is 24.0. The molecule has 1 atom stereocenters. The molecule has 1 aliphatic rings. The molecule has 6 nitrogen and oxygen atoms in total. The molecule has 3 aromatic rings. The maximum absolute atomic E-state index is 13.5. The van der Waals surface area contributed by atoms with Crippen molar-refractivity contribution in [3.8, 4) is 17.3 Å². The predicted molar refractivity (Wildman–Crippen MR) is 129 cm³/mol. The first-order valence-corrected chi connectivity index (χ1v) is 12.0. The van der Waals surface area contributed by atoms with Crippen LogP contribution in [0.4, 0.5) is 4.39 Å². The van der Waals surface area contributed by atoms with E-state index in [0.717, 1.165) is 36.4 Å². The van der Waals surface area contributed by atoms with Gasteiger partial charge in [-0.1, -0.05) is 39.0 Å². The second kappa shape index (κ2) is 10.8. The first-order valence-electron chi connectivity index (χ1n) is 12.0. The first-order chi connectivity index (χ1) is 16.5. The Morgan fingerprint density at radius 1 is 1.21 bits per heavy atom. The van der Waals surface area contributed by atoms with Crippen LogP contribution < -0.4 is 4.74 Å². The van der Waals surface area contributed by atoms with Gasteiger partial charge >= 0.3 is 0 Å². The van der Waals surface area contributed by atoms with Crippen LogP contribution in [0.3, 0.4) is 0 Å². The van der Waals surface area contributed by atoms with E-state index in [1.54, 1.807) is 16.8 Å². The Labute approximate surface area is 200 Å². The molecule has 0 N–H and O–H groups in total. The fourth-order valence-electron chi connectivity index (χ4n) is 4.21. The van der Waals surface area contributed by atoms with Gasteiger partial charge in [0.2, 0.25) is 11.8 Å². The normalized spacial score (nSPS) is 15.6. The third kappa shape index (κ3) is 5.47. The number of ether oxygens (including phenoxy) is 2. The molecule has 7 heteroatoms. The summed E-state index contributed by atoms with van der Waals surface area (Å²) in [6, 6.07) is 15.7. The van der Waals surface area contributed by atoms with E-state index in [4.69, 9.17) is 14.6 Å². The number of halogens is 1. The predicted octanol–water partition coefficient (Wildman–Crippen LogP) is 5.53. The van der Waals surface area contributed by atoms with Crippen LogP contribution in [-0.2, 0) is 22.5 Å². The Kier molecular flexibility index (Phi) is 7.63. The topological polar surface area (TPSA) is 56.6 Å². The molecule has 0 saturated carbocycles. The Bertz CT molecular complexity index is 1090. The Hall–Kier alpha value is -3.19. The van der Waals surface area contributed by atoms with Crippen LogP contribution in [0.15, 0.2) is 54.6 Å². The second-order valence-electron chi connectivity index (χ2n) is 8.90. The second-order valence-corrected chi connectivity index (χ2v) is 8.90. The van der Waals surface area contributed by atoms with E-state index in [-0.39, 0.29) is 23.7 Å². The van der Waals surface area contributed by atoms with Gasteiger partial charge in [-0.05, 0) is 55.7 Å². The zero-order valence-electron chi connectivity index (χ0n) is 20.0. The van der Waals surface area contributed by atoms with Crippen molar-refractivity contribution in [2.45, 2.75) is 52.7 Å². The molecule has 1 fully saturated rings. The number of carbonyl (C=O) groups excluding carboxylic acids is 1. The summed E-state index contributed by atoms with van der Waals surface area (Å²) in [5, 5.41) is 4.85. The quantitative estimate of drug-likeness (QED) is 0.417. The van der Waals surface area contributed by atoms with Crippen molar-refractivity contribution in [2.24, 2.45) is 5.92 Å². The zero-order valence-corrected chi connectivity index (χ0v) is 20.0. The highest BCUT2D eigenvalue weighted by atomic mass is 19.1. The Morgan fingerprint density at radius 3 is 2.56 bits per heavy atom. The number of hydrogen-bond donors (Lipinski definition) is 0. The number of hydrogen-bond acceptors (Lipinski definition) is 4. The molecule has 180 valence electrons. The molecule has 1 aromatic heterocycles. The summed E-state index contributed by atoms with van der Waals surface area (Å²) in [4.78, 5) is 15.0. The number of rotatable bonds is 9. The summed E-state index contributed by atoms with van der Waals surface area (Å²) in [6.45, 7) is 7.50. The molecule has 0 aliphatic carbocycles. The summed E-state index contributed by atoms with van der Waals surface area (Å²) < 4.78 is 27.4. The van der Waals surface area contributed by atoms with E-state index in [1.807, 2.05) is 56.0 Å². The van der Waals surface area contributed by atoms with E-state index < -0.39 is 0 Å². The Balaban J connectivity index is 1.76. The monoisotopic (exact) mass is 465 g/mol. The van der Waals surface area contributed by atoms with Crippen LogP contribution >= 0.6 is 0 Å². The minimum Gasteiger partial charge on any atom is -0.439 e. The minimum absolute atomic E-state index is 0.0402. The minimum atomic E-state index is -0.330. The maximum atomic E-state index is 13.5. The molecule has 34 heavy (non-hydrogen) atoms. The standard InChI is InChI=1S/C27H32FN3O3/c1-4-25-24(18-30(26(32)19(2)3)17-23-11-8-16-33-23)27(34-22-14-12-20(28)13-15-22)31(29-25)21-9-6-5-7-10-21/h5-7,9-10,12-15,19,23H,4,8,11,16-18H2,1-3H3/t23-/m1/s1.